The van der Waals surface area contributed by atoms with Crippen LogP contribution in [0.5, 0.6) is 11.5 Å². The van der Waals surface area contributed by atoms with E-state index in [1.54, 1.807) is 6.07 Å². The smallest absolute Gasteiger partial charge is 0.160 e. The van der Waals surface area contributed by atoms with Gasteiger partial charge >= 0.3 is 0 Å². The standard InChI is InChI=1S/C53H71N3O6/c1-34(2)9-17-44(43(40-23-26-55-52(54)30-40)18-12-35-7-5-4-6-8-35)47(58)19-14-38-22-25-53(50(60)20-15-39-29-49(62-3)48(59)32-45(38)39)24-21-36(28-51(53)61)10-11-37-27-41-13-16-42(57)31-46(41)56-33-37/h4-8,12,18,23,29-30,32,34,36-38,41,43-44,46-47,51,55-56,58-59,61H,9-11,13-17,19-21,24,26-28,31,33,54H2,1-3H3. The Morgan fingerprint density at radius 3 is 2.56 bits per heavy atom. The molecule has 5 aliphatic rings. The number of methoxy groups -OCH3 is 1. The average molecular weight is 846 g/mol. The van der Waals surface area contributed by atoms with Gasteiger partial charge in [0.25, 0.3) is 0 Å². The number of rotatable bonds is 15. The van der Waals surface area contributed by atoms with Gasteiger partial charge in [0.2, 0.25) is 0 Å². The number of hydrogen-bond acceptors (Lipinski definition) is 9. The summed E-state index contributed by atoms with van der Waals surface area (Å²) in [5.41, 5.74) is 9.08. The van der Waals surface area contributed by atoms with Crippen LogP contribution in [-0.4, -0.2) is 65.3 Å². The van der Waals surface area contributed by atoms with Crippen molar-refractivity contribution in [2.24, 2.45) is 46.7 Å². The van der Waals surface area contributed by atoms with Crippen LogP contribution in [0.1, 0.15) is 126 Å². The zero-order valence-electron chi connectivity index (χ0n) is 37.3. The molecule has 3 fully saturated rings. The second kappa shape index (κ2) is 20.9. The number of hydrogen-bond donors (Lipinski definition) is 6. The Hall–Kier alpha value is -4.36. The van der Waals surface area contributed by atoms with Crippen LogP contribution in [0.2, 0.25) is 0 Å². The minimum Gasteiger partial charge on any atom is -0.504 e. The number of carbonyl (C=O) groups is 2. The number of benzene rings is 2. The molecule has 2 aromatic carbocycles. The Morgan fingerprint density at radius 1 is 1.00 bits per heavy atom. The molecule has 10 unspecified atom stereocenters. The fraction of sp³-hybridized carbons (Fsp3) is 0.585. The van der Waals surface area contributed by atoms with Crippen LogP contribution in [0.3, 0.4) is 0 Å². The topological polar surface area (TPSA) is 154 Å². The number of fused-ring (bicyclic) bond motifs is 2. The zero-order valence-corrected chi connectivity index (χ0v) is 37.3. The minimum absolute atomic E-state index is 0.0169. The molecule has 0 amide bonds. The first-order valence-electron chi connectivity index (χ1n) is 23.6. The van der Waals surface area contributed by atoms with E-state index in [0.29, 0.717) is 98.6 Å². The van der Waals surface area contributed by atoms with Crippen LogP contribution in [0, 0.1) is 52.8 Å². The Bertz CT molecular complexity index is 2030. The number of aliphatic hydroxyl groups excluding tert-OH is 2. The third-order valence-corrected chi connectivity index (χ3v) is 15.0. The molecule has 62 heavy (non-hydrogen) atoms. The molecule has 2 saturated carbocycles. The maximum absolute atomic E-state index is 14.4. The normalized spacial score (nSPS) is 29.1. The molecular weight excluding hydrogens is 775 g/mol. The van der Waals surface area contributed by atoms with Gasteiger partial charge in [-0.05, 0) is 141 Å². The van der Waals surface area contributed by atoms with Crippen LogP contribution in [0.25, 0.3) is 6.08 Å². The molecule has 7 N–H and O–H groups in total. The number of aliphatic hydroxyl groups is 2. The van der Waals surface area contributed by atoms with Crippen LogP contribution >= 0.6 is 0 Å². The molecule has 7 rings (SSSR count). The average Bonchev–Trinajstić information content (AvgIpc) is 3.31. The largest absolute Gasteiger partial charge is 0.504 e. The maximum atomic E-state index is 14.4. The van der Waals surface area contributed by atoms with Crippen molar-refractivity contribution in [2.75, 3.05) is 20.2 Å². The first kappa shape index (κ1) is 45.7. The number of aryl methyl sites for hydroxylation is 1. The molecule has 2 heterocycles. The summed E-state index contributed by atoms with van der Waals surface area (Å²) in [5.74, 6) is 9.66. The summed E-state index contributed by atoms with van der Waals surface area (Å²) >= 11 is 0. The van der Waals surface area contributed by atoms with Gasteiger partial charge in [0.15, 0.2) is 17.3 Å². The lowest BCUT2D eigenvalue weighted by Crippen LogP contribution is -2.49. The molecule has 2 aliphatic heterocycles. The van der Waals surface area contributed by atoms with E-state index in [9.17, 15) is 24.9 Å². The number of piperidine rings is 1. The minimum atomic E-state index is -1.16. The highest BCUT2D eigenvalue weighted by molar-refractivity contribution is 5.89. The summed E-state index contributed by atoms with van der Waals surface area (Å²) in [6.07, 6.45) is 17.9. The lowest BCUT2D eigenvalue weighted by Gasteiger charge is -2.42. The number of Topliss-reactive ketones (excluding diaryl/α,β-unsaturated/α-hetero) is 2. The highest BCUT2D eigenvalue weighted by Crippen LogP contribution is 2.46. The number of nitrogens with one attached hydrogen (secondary N) is 2. The van der Waals surface area contributed by atoms with E-state index >= 15 is 0 Å². The molecule has 0 aromatic heterocycles. The lowest BCUT2D eigenvalue weighted by atomic mass is 9.64. The number of dihydropyridines is 1. The number of phenols is 1. The molecule has 3 aliphatic carbocycles. The molecule has 1 saturated heterocycles. The van der Waals surface area contributed by atoms with Gasteiger partial charge in [0.05, 0.1) is 25.1 Å². The predicted octanol–water partition coefficient (Wildman–Crippen LogP) is 8.13. The van der Waals surface area contributed by atoms with Crippen LogP contribution < -0.4 is 21.1 Å². The van der Waals surface area contributed by atoms with Crippen molar-refractivity contribution in [3.63, 3.8) is 0 Å². The van der Waals surface area contributed by atoms with Crippen molar-refractivity contribution >= 4 is 17.6 Å². The Morgan fingerprint density at radius 2 is 1.81 bits per heavy atom. The molecule has 9 nitrogen and oxygen atoms in total. The summed E-state index contributed by atoms with van der Waals surface area (Å²) in [6, 6.07) is 14.1. The SMILES string of the molecule is COc1cc2c(cc1O)C(CCC(O)C(CCC(C)C)C(C=Cc1ccccc1)C1=CCNC(N)=C1)C#CC1(CCC(CCC3CNC4CC(=O)CCC4C3)CC1O)C(=O)CC2. The van der Waals surface area contributed by atoms with Gasteiger partial charge in [-0.3, -0.25) is 9.59 Å². The Balaban J connectivity index is 1.12. The highest BCUT2D eigenvalue weighted by Gasteiger charge is 2.48. The quantitative estimate of drug-likeness (QED) is 0.0976. The number of carbonyl (C=O) groups excluding carboxylic acids is 2. The fourth-order valence-corrected chi connectivity index (χ4v) is 11.2. The van der Waals surface area contributed by atoms with Crippen molar-refractivity contribution in [2.45, 2.75) is 134 Å². The number of nitrogens with two attached hydrogens (primary N) is 1. The molecule has 10 atom stereocenters. The van der Waals surface area contributed by atoms with Gasteiger partial charge < -0.3 is 36.4 Å². The van der Waals surface area contributed by atoms with Gasteiger partial charge in [-0.15, -0.1) is 0 Å². The third-order valence-electron chi connectivity index (χ3n) is 15.0. The van der Waals surface area contributed by atoms with Crippen LogP contribution in [0.4, 0.5) is 0 Å². The van der Waals surface area contributed by atoms with E-state index in [-0.39, 0.29) is 35.7 Å². The number of ether oxygens (including phenoxy) is 1. The van der Waals surface area contributed by atoms with E-state index in [1.807, 2.05) is 30.3 Å². The van der Waals surface area contributed by atoms with E-state index < -0.39 is 17.6 Å². The fourth-order valence-electron chi connectivity index (χ4n) is 11.2. The monoisotopic (exact) mass is 846 g/mol. The van der Waals surface area contributed by atoms with Gasteiger partial charge in [-0.2, -0.15) is 0 Å². The lowest BCUT2D eigenvalue weighted by molar-refractivity contribution is -0.134. The highest BCUT2D eigenvalue weighted by atomic mass is 16.5. The van der Waals surface area contributed by atoms with Gasteiger partial charge in [0.1, 0.15) is 11.2 Å². The van der Waals surface area contributed by atoms with E-state index in [2.05, 4.69) is 66.7 Å². The second-order valence-electron chi connectivity index (χ2n) is 19.6. The van der Waals surface area contributed by atoms with Crippen molar-refractivity contribution in [1.29, 1.82) is 0 Å². The third kappa shape index (κ3) is 11.0. The molecule has 2 aromatic rings. The van der Waals surface area contributed by atoms with Crippen LogP contribution in [0.15, 0.2) is 72.1 Å². The number of aromatic hydroxyl groups is 1. The summed E-state index contributed by atoms with van der Waals surface area (Å²) in [4.78, 5) is 26.4. The summed E-state index contributed by atoms with van der Waals surface area (Å²) in [7, 11) is 1.53. The molecule has 334 valence electrons. The summed E-state index contributed by atoms with van der Waals surface area (Å²) < 4.78 is 5.54. The number of ketones is 2. The Kier molecular flexibility index (Phi) is 15.4. The zero-order chi connectivity index (χ0) is 43.8. The maximum Gasteiger partial charge on any atom is 0.160 e. The van der Waals surface area contributed by atoms with E-state index in [0.717, 1.165) is 73.8 Å². The predicted molar refractivity (Wildman–Crippen MR) is 246 cm³/mol. The Labute approximate surface area is 370 Å². The molecule has 0 radical (unpaired) electrons. The summed E-state index contributed by atoms with van der Waals surface area (Å²) in [5, 5.41) is 42.4. The number of allylic oxidation sites excluding steroid dienone is 3. The molecule has 9 heteroatoms. The van der Waals surface area contributed by atoms with Crippen LogP contribution in [-0.2, 0) is 16.0 Å². The summed E-state index contributed by atoms with van der Waals surface area (Å²) in [6.45, 7) is 6.00. The number of phenolic OH excluding ortho intramolecular Hbond substituents is 1. The van der Waals surface area contributed by atoms with Crippen molar-refractivity contribution in [3.8, 4) is 23.3 Å². The van der Waals surface area contributed by atoms with Gasteiger partial charge in [-0.25, -0.2) is 0 Å². The first-order chi connectivity index (χ1) is 29.9. The van der Waals surface area contributed by atoms with Crippen molar-refractivity contribution in [1.82, 2.24) is 10.6 Å². The second-order valence-corrected chi connectivity index (χ2v) is 19.6. The molecular formula is C53H71N3O6. The van der Waals surface area contributed by atoms with Crippen molar-refractivity contribution in [3.05, 3.63) is 88.8 Å². The first-order valence-corrected chi connectivity index (χ1v) is 23.6. The van der Waals surface area contributed by atoms with E-state index in [4.69, 9.17) is 10.5 Å². The van der Waals surface area contributed by atoms with Gasteiger partial charge in [-0.1, -0.05) is 87.1 Å². The molecule has 0 bridgehead atoms. The molecule has 1 spiro atoms. The van der Waals surface area contributed by atoms with E-state index in [1.165, 1.54) is 7.11 Å². The van der Waals surface area contributed by atoms with Crippen molar-refractivity contribution < 1.29 is 29.6 Å². The van der Waals surface area contributed by atoms with Gasteiger partial charge in [0, 0.05) is 43.7 Å².